The minimum absolute atomic E-state index is 0.258. The molecule has 0 aliphatic carbocycles. The van der Waals surface area contributed by atoms with Gasteiger partial charge in [-0.15, -0.1) is 0 Å². The van der Waals surface area contributed by atoms with E-state index in [1.165, 1.54) is 5.56 Å². The van der Waals surface area contributed by atoms with Gasteiger partial charge in [0.25, 0.3) is 0 Å². The zero-order valence-corrected chi connectivity index (χ0v) is 12.3. The third-order valence-electron chi connectivity index (χ3n) is 1.61. The number of Topliss-reactive ketones (excluding diaryl/α,β-unsaturated/α-hetero) is 1. The van der Waals surface area contributed by atoms with E-state index in [4.69, 9.17) is 0 Å². The lowest BCUT2D eigenvalue weighted by Crippen LogP contribution is -1.92. The molecule has 0 amide bonds. The maximum atomic E-state index is 10.6. The second kappa shape index (κ2) is 13.0. The Morgan fingerprint density at radius 1 is 1.06 bits per heavy atom. The molecule has 0 bridgehead atoms. The van der Waals surface area contributed by atoms with Gasteiger partial charge in [-0.2, -0.15) is 0 Å². The largest absolute Gasteiger partial charge is 0.300 e. The summed E-state index contributed by atoms with van der Waals surface area (Å²) in [6, 6.07) is 10.1. The Morgan fingerprint density at radius 3 is 1.82 bits per heavy atom. The molecule has 0 saturated heterocycles. The molecule has 0 heterocycles. The van der Waals surface area contributed by atoms with Crippen molar-refractivity contribution < 1.29 is 4.79 Å². The zero-order chi connectivity index (χ0) is 13.7. The Balaban J connectivity index is 0. The molecule has 0 N–H and O–H groups in total. The first kappa shape index (κ1) is 18.3. The summed E-state index contributed by atoms with van der Waals surface area (Å²) in [4.78, 5) is 10.6. The number of rotatable bonds is 3. The zero-order valence-electron chi connectivity index (χ0n) is 12.3. The SMILES string of the molecule is CC.CC(=O)CCc1ccccc1.CC(C)C. The number of hydrogen-bond acceptors (Lipinski definition) is 1. The number of benzene rings is 1. The summed E-state index contributed by atoms with van der Waals surface area (Å²) < 4.78 is 0. The molecule has 0 aliphatic rings. The highest BCUT2D eigenvalue weighted by Gasteiger charge is 1.94. The van der Waals surface area contributed by atoms with Gasteiger partial charge in [-0.25, -0.2) is 0 Å². The van der Waals surface area contributed by atoms with Crippen molar-refractivity contribution in [1.82, 2.24) is 0 Å². The van der Waals surface area contributed by atoms with E-state index in [2.05, 4.69) is 20.8 Å². The molecule has 0 fully saturated rings. The molecule has 0 radical (unpaired) electrons. The highest BCUT2D eigenvalue weighted by Crippen LogP contribution is 2.01. The molecule has 1 heteroatoms. The van der Waals surface area contributed by atoms with Crippen molar-refractivity contribution in [2.24, 2.45) is 5.92 Å². The quantitative estimate of drug-likeness (QED) is 0.729. The van der Waals surface area contributed by atoms with Gasteiger partial charge in [0.2, 0.25) is 0 Å². The monoisotopic (exact) mass is 236 g/mol. The highest BCUT2D eigenvalue weighted by atomic mass is 16.1. The lowest BCUT2D eigenvalue weighted by Gasteiger charge is -1.96. The van der Waals surface area contributed by atoms with Crippen LogP contribution in [0.25, 0.3) is 0 Å². The van der Waals surface area contributed by atoms with E-state index >= 15 is 0 Å². The molecule has 0 saturated carbocycles. The van der Waals surface area contributed by atoms with Gasteiger partial charge < -0.3 is 4.79 Å². The van der Waals surface area contributed by atoms with E-state index in [9.17, 15) is 4.79 Å². The fourth-order valence-electron chi connectivity index (χ4n) is 0.965. The summed E-state index contributed by atoms with van der Waals surface area (Å²) in [5.41, 5.74) is 1.24. The summed E-state index contributed by atoms with van der Waals surface area (Å²) in [7, 11) is 0. The van der Waals surface area contributed by atoms with E-state index in [0.717, 1.165) is 12.3 Å². The third-order valence-corrected chi connectivity index (χ3v) is 1.61. The Morgan fingerprint density at radius 2 is 1.47 bits per heavy atom. The molecule has 0 aliphatic heterocycles. The number of ketones is 1. The first-order chi connectivity index (χ1) is 8.02. The lowest BCUT2D eigenvalue weighted by atomic mass is 10.1. The molecule has 1 nitrogen and oxygen atoms in total. The van der Waals surface area contributed by atoms with E-state index in [1.54, 1.807) is 6.92 Å². The maximum absolute atomic E-state index is 10.6. The van der Waals surface area contributed by atoms with Crippen LogP contribution >= 0.6 is 0 Å². The topological polar surface area (TPSA) is 17.1 Å². The first-order valence-electron chi connectivity index (χ1n) is 6.55. The van der Waals surface area contributed by atoms with Gasteiger partial charge in [0.05, 0.1) is 0 Å². The minimum atomic E-state index is 0.258. The van der Waals surface area contributed by atoms with Crippen molar-refractivity contribution in [3.63, 3.8) is 0 Å². The van der Waals surface area contributed by atoms with Crippen LogP contribution < -0.4 is 0 Å². The summed E-state index contributed by atoms with van der Waals surface area (Å²) >= 11 is 0. The lowest BCUT2D eigenvalue weighted by molar-refractivity contribution is -0.116. The summed E-state index contributed by atoms with van der Waals surface area (Å²) in [6.07, 6.45) is 1.53. The van der Waals surface area contributed by atoms with E-state index in [1.807, 2.05) is 44.2 Å². The molecule has 0 unspecified atom stereocenters. The van der Waals surface area contributed by atoms with Gasteiger partial charge in [-0.1, -0.05) is 65.0 Å². The summed E-state index contributed by atoms with van der Waals surface area (Å²) in [5.74, 6) is 1.09. The van der Waals surface area contributed by atoms with Crippen molar-refractivity contribution in [2.45, 2.75) is 54.4 Å². The third kappa shape index (κ3) is 17.5. The minimum Gasteiger partial charge on any atom is -0.300 e. The van der Waals surface area contributed by atoms with Crippen LogP contribution in [0.3, 0.4) is 0 Å². The van der Waals surface area contributed by atoms with Crippen LogP contribution in [0.5, 0.6) is 0 Å². The van der Waals surface area contributed by atoms with Crippen LogP contribution in [0.4, 0.5) is 0 Å². The number of carbonyl (C=O) groups is 1. The molecule has 17 heavy (non-hydrogen) atoms. The second-order valence-corrected chi connectivity index (χ2v) is 4.42. The average Bonchev–Trinajstić information content (AvgIpc) is 2.30. The smallest absolute Gasteiger partial charge is 0.130 e. The Labute approximate surface area is 107 Å². The molecule has 0 aromatic heterocycles. The van der Waals surface area contributed by atoms with Crippen LogP contribution in [0.15, 0.2) is 30.3 Å². The normalized spacial score (nSPS) is 8.65. The predicted molar refractivity (Wildman–Crippen MR) is 77.3 cm³/mol. The van der Waals surface area contributed by atoms with Gasteiger partial charge >= 0.3 is 0 Å². The van der Waals surface area contributed by atoms with Gasteiger partial charge in [0.1, 0.15) is 5.78 Å². The molecular formula is C16H28O. The predicted octanol–water partition coefficient (Wildman–Crippen LogP) is 4.90. The first-order valence-corrected chi connectivity index (χ1v) is 6.55. The summed E-state index contributed by atoms with van der Waals surface area (Å²) in [6.45, 7) is 12.1. The molecular weight excluding hydrogens is 208 g/mol. The Bertz CT molecular complexity index is 259. The highest BCUT2D eigenvalue weighted by molar-refractivity contribution is 5.75. The Hall–Kier alpha value is -1.11. The van der Waals surface area contributed by atoms with Crippen LogP contribution in [0, 0.1) is 5.92 Å². The van der Waals surface area contributed by atoms with Crippen molar-refractivity contribution in [1.29, 1.82) is 0 Å². The number of hydrogen-bond donors (Lipinski definition) is 0. The van der Waals surface area contributed by atoms with E-state index < -0.39 is 0 Å². The van der Waals surface area contributed by atoms with Gasteiger partial charge in [-0.3, -0.25) is 0 Å². The second-order valence-electron chi connectivity index (χ2n) is 4.42. The molecule has 1 rings (SSSR count). The van der Waals surface area contributed by atoms with Crippen molar-refractivity contribution in [3.05, 3.63) is 35.9 Å². The van der Waals surface area contributed by atoms with Crippen LogP contribution in [0.1, 0.15) is 53.5 Å². The molecule has 0 atom stereocenters. The summed E-state index contributed by atoms with van der Waals surface area (Å²) in [5, 5.41) is 0. The molecule has 1 aromatic rings. The average molecular weight is 236 g/mol. The fraction of sp³-hybridized carbons (Fsp3) is 0.562. The van der Waals surface area contributed by atoms with Crippen LogP contribution in [-0.4, -0.2) is 5.78 Å². The van der Waals surface area contributed by atoms with Gasteiger partial charge in [0, 0.05) is 6.42 Å². The number of carbonyl (C=O) groups excluding carboxylic acids is 1. The van der Waals surface area contributed by atoms with Crippen molar-refractivity contribution in [3.8, 4) is 0 Å². The number of aryl methyl sites for hydroxylation is 1. The van der Waals surface area contributed by atoms with Gasteiger partial charge in [-0.05, 0) is 24.8 Å². The van der Waals surface area contributed by atoms with Crippen LogP contribution in [-0.2, 0) is 11.2 Å². The van der Waals surface area contributed by atoms with Crippen molar-refractivity contribution >= 4 is 5.78 Å². The van der Waals surface area contributed by atoms with Crippen LogP contribution in [0.2, 0.25) is 0 Å². The Kier molecular flexibility index (Phi) is 13.9. The maximum Gasteiger partial charge on any atom is 0.130 e. The standard InChI is InChI=1S/C10H12O.C4H10.C2H6/c1-9(11)7-8-10-5-3-2-4-6-10;1-4(2)3;1-2/h2-6H,7-8H2,1H3;4H,1-3H3;1-2H3. The fourth-order valence-corrected chi connectivity index (χ4v) is 0.965. The van der Waals surface area contributed by atoms with E-state index in [0.29, 0.717) is 6.42 Å². The van der Waals surface area contributed by atoms with E-state index in [-0.39, 0.29) is 5.78 Å². The molecule has 98 valence electrons. The van der Waals surface area contributed by atoms with Crippen molar-refractivity contribution in [2.75, 3.05) is 0 Å². The molecule has 1 aromatic carbocycles. The van der Waals surface area contributed by atoms with Gasteiger partial charge in [0.15, 0.2) is 0 Å². The molecule has 0 spiro atoms.